The lowest BCUT2D eigenvalue weighted by atomic mass is 9.77. The van der Waals surface area contributed by atoms with Crippen molar-refractivity contribution >= 4 is 17.7 Å². The van der Waals surface area contributed by atoms with Crippen LogP contribution in [0.4, 0.5) is 9.18 Å². The Hall–Kier alpha value is -1.46. The molecule has 0 aromatic rings. The van der Waals surface area contributed by atoms with Gasteiger partial charge in [0, 0.05) is 13.0 Å². The van der Waals surface area contributed by atoms with E-state index in [-0.39, 0.29) is 30.1 Å². The second-order valence-corrected chi connectivity index (χ2v) is 11.1. The summed E-state index contributed by atoms with van der Waals surface area (Å²) >= 11 is 0. The van der Waals surface area contributed by atoms with E-state index in [0.29, 0.717) is 25.2 Å². The van der Waals surface area contributed by atoms with E-state index in [0.717, 1.165) is 43.4 Å². The number of ketones is 1. The molecule has 2 fully saturated rings. The normalized spacial score (nSPS) is 25.2. The van der Waals surface area contributed by atoms with E-state index in [2.05, 4.69) is 6.92 Å². The number of imide groups is 1. The summed E-state index contributed by atoms with van der Waals surface area (Å²) in [7, 11) is 1.63. The number of nitrogens with zero attached hydrogens (tertiary/aromatic N) is 2. The van der Waals surface area contributed by atoms with Crippen LogP contribution >= 0.6 is 0 Å². The van der Waals surface area contributed by atoms with Crippen LogP contribution in [0, 0.1) is 17.8 Å². The molecule has 196 valence electrons. The van der Waals surface area contributed by atoms with E-state index >= 15 is 4.39 Å². The Labute approximate surface area is 207 Å². The van der Waals surface area contributed by atoms with Crippen molar-refractivity contribution in [3.63, 3.8) is 0 Å². The number of hydrogen-bond donors (Lipinski definition) is 0. The minimum Gasteiger partial charge on any atom is -0.313 e. The van der Waals surface area contributed by atoms with E-state index in [1.807, 2.05) is 13.8 Å². The van der Waals surface area contributed by atoms with Crippen molar-refractivity contribution in [1.82, 2.24) is 9.80 Å². The average molecular weight is 481 g/mol. The minimum absolute atomic E-state index is 0.0432. The molecule has 34 heavy (non-hydrogen) atoms. The Kier molecular flexibility index (Phi) is 11.5. The molecule has 4 atom stereocenters. The van der Waals surface area contributed by atoms with Gasteiger partial charge in [-0.3, -0.25) is 14.5 Å². The summed E-state index contributed by atoms with van der Waals surface area (Å²) in [5.41, 5.74) is -1.10. The molecule has 0 aromatic heterocycles. The van der Waals surface area contributed by atoms with Crippen molar-refractivity contribution < 1.29 is 18.8 Å². The molecular weight excluding hydrogens is 431 g/mol. The van der Waals surface area contributed by atoms with Gasteiger partial charge in [0.15, 0.2) is 5.78 Å². The molecule has 2 aliphatic rings. The number of Topliss-reactive ketones (excluding diaryl/α,β-unsaturated/α-hetero) is 1. The predicted octanol–water partition coefficient (Wildman–Crippen LogP) is 6.93. The fraction of sp³-hybridized carbons (Fsp3) is 0.893. The van der Waals surface area contributed by atoms with Crippen molar-refractivity contribution in [3.05, 3.63) is 0 Å². The van der Waals surface area contributed by atoms with Gasteiger partial charge in [-0.2, -0.15) is 0 Å². The van der Waals surface area contributed by atoms with Crippen LogP contribution in [0.2, 0.25) is 0 Å². The fourth-order valence-corrected chi connectivity index (χ4v) is 6.01. The van der Waals surface area contributed by atoms with Crippen molar-refractivity contribution in [2.24, 2.45) is 17.8 Å². The average Bonchev–Trinajstić information content (AvgIpc) is 2.95. The standard InChI is InChI=1S/C28H49FN2O3/c1-6-9-17-22(7-2)25(32)20-31-26(33)28(4,30(5)27(31)34)19-23(24(29)8-3)18-21-15-13-11-10-12-14-16-21/h21-24H,6-20H2,1-5H3. The Morgan fingerprint density at radius 1 is 1.06 bits per heavy atom. The largest absolute Gasteiger partial charge is 0.327 e. The summed E-state index contributed by atoms with van der Waals surface area (Å²) in [4.78, 5) is 42.1. The van der Waals surface area contributed by atoms with Gasteiger partial charge in [-0.1, -0.05) is 78.6 Å². The zero-order valence-electron chi connectivity index (χ0n) is 22.4. The molecule has 2 rings (SSSR count). The summed E-state index contributed by atoms with van der Waals surface area (Å²) in [6, 6.07) is -0.428. The number of likely N-dealkylation sites (N-methyl/N-ethyl adjacent to an activating group) is 1. The zero-order chi connectivity index (χ0) is 25.3. The molecule has 0 spiro atoms. The molecule has 3 amide bonds. The van der Waals surface area contributed by atoms with Crippen molar-refractivity contribution in [2.75, 3.05) is 13.6 Å². The molecule has 0 bridgehead atoms. The number of rotatable bonds is 13. The smallest absolute Gasteiger partial charge is 0.313 e. The predicted molar refractivity (Wildman–Crippen MR) is 135 cm³/mol. The van der Waals surface area contributed by atoms with Gasteiger partial charge in [-0.15, -0.1) is 0 Å². The number of halogens is 1. The minimum atomic E-state index is -1.10. The molecule has 0 N–H and O–H groups in total. The first-order chi connectivity index (χ1) is 16.2. The maximum Gasteiger partial charge on any atom is 0.327 e. The van der Waals surface area contributed by atoms with Gasteiger partial charge in [-0.05, 0) is 50.9 Å². The number of alkyl halides is 1. The molecule has 1 aliphatic carbocycles. The van der Waals surface area contributed by atoms with Crippen LogP contribution in [-0.2, 0) is 9.59 Å². The van der Waals surface area contributed by atoms with E-state index < -0.39 is 17.7 Å². The third kappa shape index (κ3) is 7.04. The Bertz CT molecular complexity index is 677. The fourth-order valence-electron chi connectivity index (χ4n) is 6.01. The molecule has 1 heterocycles. The second-order valence-electron chi connectivity index (χ2n) is 11.1. The van der Waals surface area contributed by atoms with Crippen molar-refractivity contribution in [1.29, 1.82) is 0 Å². The number of unbranched alkanes of at least 4 members (excludes halogenated alkanes) is 1. The van der Waals surface area contributed by atoms with Crippen molar-refractivity contribution in [2.45, 2.75) is 129 Å². The first kappa shape index (κ1) is 28.8. The van der Waals surface area contributed by atoms with Gasteiger partial charge in [0.25, 0.3) is 5.91 Å². The number of amides is 3. The first-order valence-electron chi connectivity index (χ1n) is 14.0. The lowest BCUT2D eigenvalue weighted by molar-refractivity contribution is -0.137. The summed E-state index contributed by atoms with van der Waals surface area (Å²) in [5.74, 6) is -0.289. The highest BCUT2D eigenvalue weighted by molar-refractivity contribution is 6.09. The monoisotopic (exact) mass is 480 g/mol. The Morgan fingerprint density at radius 3 is 2.24 bits per heavy atom. The highest BCUT2D eigenvalue weighted by Gasteiger charge is 2.54. The van der Waals surface area contributed by atoms with Gasteiger partial charge in [0.1, 0.15) is 11.7 Å². The molecule has 0 radical (unpaired) electrons. The van der Waals surface area contributed by atoms with Gasteiger partial charge >= 0.3 is 6.03 Å². The molecule has 1 saturated carbocycles. The molecule has 5 nitrogen and oxygen atoms in total. The number of hydrogen-bond acceptors (Lipinski definition) is 3. The number of carbonyl (C=O) groups is 3. The topological polar surface area (TPSA) is 57.7 Å². The van der Waals surface area contributed by atoms with Crippen LogP contribution in [-0.4, -0.2) is 52.8 Å². The Morgan fingerprint density at radius 2 is 1.68 bits per heavy atom. The first-order valence-corrected chi connectivity index (χ1v) is 14.0. The van der Waals surface area contributed by atoms with Crippen LogP contribution in [0.5, 0.6) is 0 Å². The second kappa shape index (κ2) is 13.6. The van der Waals surface area contributed by atoms with E-state index in [9.17, 15) is 14.4 Å². The maximum atomic E-state index is 15.2. The molecule has 1 aliphatic heterocycles. The van der Waals surface area contributed by atoms with Crippen LogP contribution in [0.15, 0.2) is 0 Å². The molecule has 6 heteroatoms. The third-order valence-electron chi connectivity index (χ3n) is 8.55. The van der Waals surface area contributed by atoms with E-state index in [4.69, 9.17) is 0 Å². The summed E-state index contributed by atoms with van der Waals surface area (Å²) in [6.07, 6.45) is 12.4. The number of urea groups is 1. The molecular formula is C28H49FN2O3. The van der Waals surface area contributed by atoms with Gasteiger partial charge in [0.05, 0.1) is 6.54 Å². The highest BCUT2D eigenvalue weighted by Crippen LogP contribution is 2.39. The summed E-state index contributed by atoms with van der Waals surface area (Å²) in [5, 5.41) is 0. The van der Waals surface area contributed by atoms with Crippen LogP contribution in [0.25, 0.3) is 0 Å². The molecule has 4 unspecified atom stereocenters. The van der Waals surface area contributed by atoms with Crippen LogP contribution in [0.1, 0.15) is 118 Å². The van der Waals surface area contributed by atoms with Crippen LogP contribution in [0.3, 0.4) is 0 Å². The zero-order valence-corrected chi connectivity index (χ0v) is 22.4. The SMILES string of the molecule is CCCCC(CC)C(=O)CN1C(=O)N(C)C(C)(CC(CC2CCCCCCC2)C(F)CC)C1=O. The van der Waals surface area contributed by atoms with Gasteiger partial charge in [-0.25, -0.2) is 9.18 Å². The summed E-state index contributed by atoms with van der Waals surface area (Å²) < 4.78 is 15.2. The van der Waals surface area contributed by atoms with E-state index in [1.54, 1.807) is 14.0 Å². The molecule has 0 aromatic carbocycles. The lowest BCUT2D eigenvalue weighted by Gasteiger charge is -2.35. The lowest BCUT2D eigenvalue weighted by Crippen LogP contribution is -2.48. The maximum absolute atomic E-state index is 15.2. The molecule has 1 saturated heterocycles. The Balaban J connectivity index is 2.15. The van der Waals surface area contributed by atoms with Crippen LogP contribution < -0.4 is 0 Å². The number of carbonyl (C=O) groups excluding carboxylic acids is 3. The summed E-state index contributed by atoms with van der Waals surface area (Å²) in [6.45, 7) is 7.52. The quantitative estimate of drug-likeness (QED) is 0.269. The van der Waals surface area contributed by atoms with E-state index in [1.165, 1.54) is 37.0 Å². The van der Waals surface area contributed by atoms with Gasteiger partial charge in [0.2, 0.25) is 0 Å². The highest BCUT2D eigenvalue weighted by atomic mass is 19.1. The van der Waals surface area contributed by atoms with Crippen molar-refractivity contribution in [3.8, 4) is 0 Å². The van der Waals surface area contributed by atoms with Gasteiger partial charge < -0.3 is 4.90 Å². The third-order valence-corrected chi connectivity index (χ3v) is 8.55.